The summed E-state index contributed by atoms with van der Waals surface area (Å²) < 4.78 is 5.18. The van der Waals surface area contributed by atoms with Crippen molar-refractivity contribution in [3.8, 4) is 0 Å². The Balaban J connectivity index is 2.20. The molecule has 3 heteroatoms. The average Bonchev–Trinajstić information content (AvgIpc) is 2.50. The SMILES string of the molecule is COCC1CCCN1CCCBr. The van der Waals surface area contributed by atoms with E-state index < -0.39 is 0 Å². The minimum Gasteiger partial charge on any atom is -0.383 e. The quantitative estimate of drug-likeness (QED) is 0.676. The lowest BCUT2D eigenvalue weighted by atomic mass is 10.2. The van der Waals surface area contributed by atoms with Crippen LogP contribution >= 0.6 is 15.9 Å². The highest BCUT2D eigenvalue weighted by Crippen LogP contribution is 2.17. The predicted octanol–water partition coefficient (Wildman–Crippen LogP) is 1.88. The smallest absolute Gasteiger partial charge is 0.0618 e. The first-order valence-electron chi connectivity index (χ1n) is 4.67. The van der Waals surface area contributed by atoms with E-state index in [0.717, 1.165) is 11.9 Å². The first-order valence-corrected chi connectivity index (χ1v) is 5.79. The third kappa shape index (κ3) is 3.04. The van der Waals surface area contributed by atoms with Crippen LogP contribution in [0.5, 0.6) is 0 Å². The van der Waals surface area contributed by atoms with E-state index in [1.165, 1.54) is 32.4 Å². The standard InChI is InChI=1S/C9H18BrNO/c1-12-8-9-4-2-6-11(9)7-3-5-10/h9H,2-8H2,1H3. The molecule has 12 heavy (non-hydrogen) atoms. The fraction of sp³-hybridized carbons (Fsp3) is 1.00. The van der Waals surface area contributed by atoms with E-state index in [4.69, 9.17) is 4.74 Å². The largest absolute Gasteiger partial charge is 0.383 e. The van der Waals surface area contributed by atoms with Crippen molar-refractivity contribution < 1.29 is 4.74 Å². The molecule has 2 nitrogen and oxygen atoms in total. The molecule has 0 aliphatic carbocycles. The minimum absolute atomic E-state index is 0.689. The van der Waals surface area contributed by atoms with Crippen LogP contribution in [0.2, 0.25) is 0 Å². The van der Waals surface area contributed by atoms with Gasteiger partial charge in [0.25, 0.3) is 0 Å². The highest BCUT2D eigenvalue weighted by molar-refractivity contribution is 9.09. The molecule has 0 aromatic heterocycles. The van der Waals surface area contributed by atoms with Gasteiger partial charge in [-0.05, 0) is 32.4 Å². The summed E-state index contributed by atoms with van der Waals surface area (Å²) in [6.45, 7) is 3.39. The highest BCUT2D eigenvalue weighted by Gasteiger charge is 2.23. The summed E-state index contributed by atoms with van der Waals surface area (Å²) in [6.07, 6.45) is 3.91. The van der Waals surface area contributed by atoms with E-state index in [-0.39, 0.29) is 0 Å². The molecule has 1 rings (SSSR count). The predicted molar refractivity (Wildman–Crippen MR) is 54.9 cm³/mol. The topological polar surface area (TPSA) is 12.5 Å². The van der Waals surface area contributed by atoms with E-state index in [0.29, 0.717) is 6.04 Å². The van der Waals surface area contributed by atoms with Gasteiger partial charge in [-0.1, -0.05) is 15.9 Å². The van der Waals surface area contributed by atoms with Crippen LogP contribution in [0, 0.1) is 0 Å². The number of rotatable bonds is 5. The molecule has 1 saturated heterocycles. The van der Waals surface area contributed by atoms with Crippen LogP contribution in [0.1, 0.15) is 19.3 Å². The molecule has 1 fully saturated rings. The fourth-order valence-electron chi connectivity index (χ4n) is 1.83. The maximum absolute atomic E-state index is 5.18. The van der Waals surface area contributed by atoms with Gasteiger partial charge in [0.05, 0.1) is 6.61 Å². The Bertz CT molecular complexity index is 121. The van der Waals surface area contributed by atoms with Gasteiger partial charge in [-0.25, -0.2) is 0 Å². The van der Waals surface area contributed by atoms with Crippen molar-refractivity contribution in [3.05, 3.63) is 0 Å². The zero-order chi connectivity index (χ0) is 8.81. The zero-order valence-corrected chi connectivity index (χ0v) is 9.35. The monoisotopic (exact) mass is 235 g/mol. The second-order valence-corrected chi connectivity index (χ2v) is 4.12. The summed E-state index contributed by atoms with van der Waals surface area (Å²) in [4.78, 5) is 2.55. The van der Waals surface area contributed by atoms with Gasteiger partial charge in [0.15, 0.2) is 0 Å². The highest BCUT2D eigenvalue weighted by atomic mass is 79.9. The number of ether oxygens (including phenoxy) is 1. The summed E-state index contributed by atoms with van der Waals surface area (Å²) in [5, 5.41) is 1.11. The van der Waals surface area contributed by atoms with Crippen molar-refractivity contribution in [1.29, 1.82) is 0 Å². The summed E-state index contributed by atoms with van der Waals surface area (Å²) >= 11 is 3.46. The Morgan fingerprint density at radius 3 is 3.08 bits per heavy atom. The number of nitrogens with zero attached hydrogens (tertiary/aromatic N) is 1. The van der Waals surface area contributed by atoms with Crippen molar-refractivity contribution in [3.63, 3.8) is 0 Å². The second-order valence-electron chi connectivity index (χ2n) is 3.33. The lowest BCUT2D eigenvalue weighted by Gasteiger charge is -2.23. The molecular formula is C9H18BrNO. The lowest BCUT2D eigenvalue weighted by molar-refractivity contribution is 0.116. The van der Waals surface area contributed by atoms with Crippen LogP contribution < -0.4 is 0 Å². The molecule has 0 aromatic carbocycles. The maximum Gasteiger partial charge on any atom is 0.0618 e. The van der Waals surface area contributed by atoms with Crippen LogP contribution in [0.4, 0.5) is 0 Å². The molecule has 0 spiro atoms. The number of alkyl halides is 1. The van der Waals surface area contributed by atoms with Crippen LogP contribution in [-0.2, 0) is 4.74 Å². The molecule has 0 N–H and O–H groups in total. The molecule has 1 aliphatic rings. The van der Waals surface area contributed by atoms with Gasteiger partial charge < -0.3 is 4.74 Å². The van der Waals surface area contributed by atoms with Crippen molar-refractivity contribution in [2.45, 2.75) is 25.3 Å². The van der Waals surface area contributed by atoms with E-state index in [1.807, 2.05) is 0 Å². The van der Waals surface area contributed by atoms with E-state index in [2.05, 4.69) is 20.8 Å². The Hall–Kier alpha value is 0.400. The Kier molecular flexibility index (Phi) is 5.19. The average molecular weight is 236 g/mol. The molecule has 0 radical (unpaired) electrons. The molecule has 0 saturated carbocycles. The van der Waals surface area contributed by atoms with Crippen molar-refractivity contribution in [1.82, 2.24) is 4.90 Å². The fourth-order valence-corrected chi connectivity index (χ4v) is 2.08. The number of hydrogen-bond donors (Lipinski definition) is 0. The van der Waals surface area contributed by atoms with E-state index >= 15 is 0 Å². The molecule has 0 amide bonds. The van der Waals surface area contributed by atoms with E-state index in [9.17, 15) is 0 Å². The molecule has 1 atom stereocenters. The molecule has 1 unspecified atom stereocenters. The third-order valence-corrected chi connectivity index (χ3v) is 3.00. The zero-order valence-electron chi connectivity index (χ0n) is 7.76. The number of halogens is 1. The minimum atomic E-state index is 0.689. The summed E-state index contributed by atoms with van der Waals surface area (Å²) in [5.41, 5.74) is 0. The van der Waals surface area contributed by atoms with Gasteiger partial charge >= 0.3 is 0 Å². The van der Waals surface area contributed by atoms with Gasteiger partial charge in [0.1, 0.15) is 0 Å². The first kappa shape index (κ1) is 10.5. The van der Waals surface area contributed by atoms with E-state index in [1.54, 1.807) is 7.11 Å². The second kappa shape index (κ2) is 5.95. The van der Waals surface area contributed by atoms with Gasteiger partial charge in [0.2, 0.25) is 0 Å². The van der Waals surface area contributed by atoms with Crippen molar-refractivity contribution in [2.24, 2.45) is 0 Å². The first-order chi connectivity index (χ1) is 5.88. The third-order valence-electron chi connectivity index (χ3n) is 2.44. The molecule has 1 heterocycles. The Morgan fingerprint density at radius 2 is 2.42 bits per heavy atom. The van der Waals surface area contributed by atoms with Gasteiger partial charge in [-0.3, -0.25) is 4.90 Å². The van der Waals surface area contributed by atoms with Crippen molar-refractivity contribution >= 4 is 15.9 Å². The van der Waals surface area contributed by atoms with Gasteiger partial charge in [-0.15, -0.1) is 0 Å². The Labute approximate surface area is 83.4 Å². The summed E-state index contributed by atoms with van der Waals surface area (Å²) in [5.74, 6) is 0. The lowest BCUT2D eigenvalue weighted by Crippen LogP contribution is -2.33. The molecule has 72 valence electrons. The van der Waals surface area contributed by atoms with Crippen LogP contribution in [-0.4, -0.2) is 43.1 Å². The molecular weight excluding hydrogens is 218 g/mol. The van der Waals surface area contributed by atoms with Crippen LogP contribution in [0.25, 0.3) is 0 Å². The Morgan fingerprint density at radius 1 is 1.58 bits per heavy atom. The summed E-state index contributed by atoms with van der Waals surface area (Å²) in [6, 6.07) is 0.689. The normalized spacial score (nSPS) is 25.0. The number of hydrogen-bond acceptors (Lipinski definition) is 2. The van der Waals surface area contributed by atoms with Crippen LogP contribution in [0.15, 0.2) is 0 Å². The number of methoxy groups -OCH3 is 1. The van der Waals surface area contributed by atoms with Gasteiger partial charge in [-0.2, -0.15) is 0 Å². The summed E-state index contributed by atoms with van der Waals surface area (Å²) in [7, 11) is 1.79. The van der Waals surface area contributed by atoms with Crippen molar-refractivity contribution in [2.75, 3.05) is 32.1 Å². The molecule has 1 aliphatic heterocycles. The van der Waals surface area contributed by atoms with Crippen LogP contribution in [0.3, 0.4) is 0 Å². The van der Waals surface area contributed by atoms with Gasteiger partial charge in [0, 0.05) is 18.5 Å². The maximum atomic E-state index is 5.18. The number of likely N-dealkylation sites (tertiary alicyclic amines) is 1. The molecule has 0 bridgehead atoms. The molecule has 0 aromatic rings.